The van der Waals surface area contributed by atoms with Crippen molar-refractivity contribution in [2.45, 2.75) is 12.6 Å². The zero-order valence-corrected chi connectivity index (χ0v) is 24.3. The van der Waals surface area contributed by atoms with Gasteiger partial charge in [-0.05, 0) is 60.2 Å². The molecule has 0 aliphatic heterocycles. The maximum atomic E-state index is 13.4. The molecule has 12 heteroatoms. The number of alkyl halides is 3. The number of non-ortho nitro benzene ring substituents is 1. The Morgan fingerprint density at radius 2 is 1.53 bits per heavy atom. The normalized spacial score (nSPS) is 11.3. The molecule has 5 aromatic rings. The van der Waals surface area contributed by atoms with Gasteiger partial charge in [0.05, 0.1) is 22.6 Å². The summed E-state index contributed by atoms with van der Waals surface area (Å²) in [6.45, 7) is 0. The number of nitro groups is 1. The topological polar surface area (TPSA) is 132 Å². The average molecular weight is 640 g/mol. The number of carbonyl (C=O) groups excluding carboxylic acids is 3. The van der Waals surface area contributed by atoms with Gasteiger partial charge in [-0.2, -0.15) is 13.2 Å². The highest BCUT2D eigenvalue weighted by Crippen LogP contribution is 2.32. The first-order valence-electron chi connectivity index (χ1n) is 14.0. The summed E-state index contributed by atoms with van der Waals surface area (Å²) in [6, 6.07) is 26.1. The van der Waals surface area contributed by atoms with Crippen molar-refractivity contribution in [1.29, 1.82) is 0 Å². The van der Waals surface area contributed by atoms with Gasteiger partial charge in [-0.15, -0.1) is 0 Å². The van der Waals surface area contributed by atoms with Gasteiger partial charge in [-0.3, -0.25) is 24.5 Å². The molecule has 2 amide bonds. The minimum Gasteiger partial charge on any atom is -0.457 e. The number of nitrogens with zero attached hydrogens (tertiary/aromatic N) is 1. The van der Waals surface area contributed by atoms with Crippen LogP contribution in [0, 0.1) is 10.1 Å². The lowest BCUT2D eigenvalue weighted by atomic mass is 10.00. The number of rotatable bonds is 10. The third-order valence-electron chi connectivity index (χ3n) is 6.90. The van der Waals surface area contributed by atoms with E-state index in [4.69, 9.17) is 4.42 Å². The summed E-state index contributed by atoms with van der Waals surface area (Å²) in [5.74, 6) is -1.06. The summed E-state index contributed by atoms with van der Waals surface area (Å²) in [4.78, 5) is 49.4. The van der Waals surface area contributed by atoms with E-state index in [0.29, 0.717) is 17.1 Å². The van der Waals surface area contributed by atoms with E-state index in [-0.39, 0.29) is 33.8 Å². The van der Waals surface area contributed by atoms with Crippen LogP contribution in [-0.2, 0) is 22.2 Å². The fourth-order valence-corrected chi connectivity index (χ4v) is 4.67. The van der Waals surface area contributed by atoms with Crippen LogP contribution in [0.5, 0.6) is 0 Å². The van der Waals surface area contributed by atoms with Crippen LogP contribution in [0.25, 0.3) is 17.4 Å². The molecule has 4 aromatic carbocycles. The monoisotopic (exact) mass is 639 g/mol. The molecule has 5 rings (SSSR count). The SMILES string of the molecule is O=C(/C=C/c1ccc(-c2ccc([N+](=O)[O-])cc2)o1)Nc1ccc(NC(=O)Cc2ccccc2C(F)(F)F)c(C(=O)c2ccccc2)c1. The lowest BCUT2D eigenvalue weighted by molar-refractivity contribution is -0.384. The van der Waals surface area contributed by atoms with E-state index >= 15 is 0 Å². The molecule has 0 bridgehead atoms. The van der Waals surface area contributed by atoms with Gasteiger partial charge in [-0.25, -0.2) is 0 Å². The minimum absolute atomic E-state index is 0.00853. The van der Waals surface area contributed by atoms with Gasteiger partial charge in [0, 0.05) is 40.6 Å². The number of furan rings is 1. The molecule has 0 saturated carbocycles. The van der Waals surface area contributed by atoms with Gasteiger partial charge in [-0.1, -0.05) is 48.5 Å². The van der Waals surface area contributed by atoms with Crippen LogP contribution in [0.3, 0.4) is 0 Å². The Balaban J connectivity index is 1.33. The van der Waals surface area contributed by atoms with Crippen LogP contribution >= 0.6 is 0 Å². The van der Waals surface area contributed by atoms with Gasteiger partial charge < -0.3 is 15.1 Å². The highest BCUT2D eigenvalue weighted by atomic mass is 19.4. The molecule has 9 nitrogen and oxygen atoms in total. The van der Waals surface area contributed by atoms with E-state index in [1.165, 1.54) is 60.7 Å². The third kappa shape index (κ3) is 8.05. The summed E-state index contributed by atoms with van der Waals surface area (Å²) in [5, 5.41) is 16.1. The fraction of sp³-hybridized carbons (Fsp3) is 0.0571. The fourth-order valence-electron chi connectivity index (χ4n) is 4.67. The summed E-state index contributed by atoms with van der Waals surface area (Å²) in [7, 11) is 0. The van der Waals surface area contributed by atoms with Crippen molar-refractivity contribution in [3.05, 3.63) is 153 Å². The van der Waals surface area contributed by atoms with Crippen molar-refractivity contribution >= 4 is 40.7 Å². The number of hydrogen-bond donors (Lipinski definition) is 2. The standard InChI is InChI=1S/C35H24F3N3O6/c36-35(37,38)29-9-5-4-8-24(29)20-33(43)40-30-17-12-25(21-28(30)34(44)23-6-2-1-3-7-23)39-32(42)19-16-27-15-18-31(47-27)22-10-13-26(14-11-22)41(45)46/h1-19,21H,20H2,(H,39,42)(H,40,43)/b19-16+. The van der Waals surface area contributed by atoms with Gasteiger partial charge in [0.25, 0.3) is 5.69 Å². The first-order chi connectivity index (χ1) is 22.5. The largest absolute Gasteiger partial charge is 0.457 e. The first kappa shape index (κ1) is 32.1. The van der Waals surface area contributed by atoms with Crippen LogP contribution in [0.1, 0.15) is 32.8 Å². The van der Waals surface area contributed by atoms with Gasteiger partial charge in [0.2, 0.25) is 11.8 Å². The molecule has 0 radical (unpaired) electrons. The highest BCUT2D eigenvalue weighted by Gasteiger charge is 2.33. The molecule has 0 fully saturated rings. The molecule has 0 aliphatic carbocycles. The summed E-state index contributed by atoms with van der Waals surface area (Å²) in [6.07, 6.45) is -2.62. The summed E-state index contributed by atoms with van der Waals surface area (Å²) < 4.78 is 46.1. The zero-order chi connectivity index (χ0) is 33.6. The maximum absolute atomic E-state index is 13.4. The molecule has 0 saturated heterocycles. The van der Waals surface area contributed by atoms with Gasteiger partial charge >= 0.3 is 6.18 Å². The number of halogens is 3. The Labute approximate surface area is 265 Å². The quantitative estimate of drug-likeness (QED) is 0.0690. The Morgan fingerprint density at radius 1 is 0.830 bits per heavy atom. The minimum atomic E-state index is -4.65. The smallest absolute Gasteiger partial charge is 0.416 e. The molecule has 0 aliphatic rings. The Morgan fingerprint density at radius 3 is 2.23 bits per heavy atom. The number of nitrogens with one attached hydrogen (secondary N) is 2. The molecule has 236 valence electrons. The van der Waals surface area contributed by atoms with Crippen molar-refractivity contribution in [1.82, 2.24) is 0 Å². The molecular weight excluding hydrogens is 615 g/mol. The number of ketones is 1. The van der Waals surface area contributed by atoms with Gasteiger partial charge in [0.15, 0.2) is 5.78 Å². The molecule has 1 heterocycles. The maximum Gasteiger partial charge on any atom is 0.416 e. The number of anilines is 2. The van der Waals surface area contributed by atoms with Crippen LogP contribution in [0.2, 0.25) is 0 Å². The number of carbonyl (C=O) groups is 3. The molecule has 0 spiro atoms. The van der Waals surface area contributed by atoms with Crippen LogP contribution in [0.15, 0.2) is 120 Å². The van der Waals surface area contributed by atoms with E-state index in [9.17, 15) is 37.7 Å². The first-order valence-corrected chi connectivity index (χ1v) is 14.0. The molecule has 47 heavy (non-hydrogen) atoms. The zero-order valence-electron chi connectivity index (χ0n) is 24.3. The van der Waals surface area contributed by atoms with Crippen molar-refractivity contribution in [2.24, 2.45) is 0 Å². The lowest BCUT2D eigenvalue weighted by Gasteiger charge is -2.15. The van der Waals surface area contributed by atoms with Crippen molar-refractivity contribution < 1.29 is 36.9 Å². The third-order valence-corrected chi connectivity index (χ3v) is 6.90. The van der Waals surface area contributed by atoms with Crippen molar-refractivity contribution in [3.63, 3.8) is 0 Å². The molecule has 0 unspecified atom stereocenters. The number of hydrogen-bond acceptors (Lipinski definition) is 6. The second-order valence-electron chi connectivity index (χ2n) is 10.2. The second-order valence-corrected chi connectivity index (χ2v) is 10.2. The summed E-state index contributed by atoms with van der Waals surface area (Å²) in [5.41, 5.74) is -0.0503. The Bertz CT molecular complexity index is 1980. The van der Waals surface area contributed by atoms with Crippen LogP contribution < -0.4 is 10.6 Å². The Hall–Kier alpha value is -6.30. The van der Waals surface area contributed by atoms with Crippen LogP contribution in [0.4, 0.5) is 30.2 Å². The van der Waals surface area contributed by atoms with E-state index in [1.54, 1.807) is 54.6 Å². The second kappa shape index (κ2) is 13.8. The molecule has 0 atom stereocenters. The highest BCUT2D eigenvalue weighted by molar-refractivity contribution is 6.15. The number of amides is 2. The van der Waals surface area contributed by atoms with Crippen molar-refractivity contribution in [3.8, 4) is 11.3 Å². The van der Waals surface area contributed by atoms with Gasteiger partial charge in [0.1, 0.15) is 11.5 Å². The number of benzene rings is 4. The predicted molar refractivity (Wildman–Crippen MR) is 169 cm³/mol. The van der Waals surface area contributed by atoms with Crippen molar-refractivity contribution in [2.75, 3.05) is 10.6 Å². The van der Waals surface area contributed by atoms with E-state index < -0.39 is 40.7 Å². The average Bonchev–Trinajstić information content (AvgIpc) is 3.53. The molecule has 1 aromatic heterocycles. The predicted octanol–water partition coefficient (Wildman–Crippen LogP) is 7.94. The van der Waals surface area contributed by atoms with E-state index in [1.807, 2.05) is 0 Å². The molecular formula is C35H24F3N3O6. The summed E-state index contributed by atoms with van der Waals surface area (Å²) >= 11 is 0. The van der Waals surface area contributed by atoms with E-state index in [0.717, 1.165) is 6.07 Å². The lowest BCUT2D eigenvalue weighted by Crippen LogP contribution is -2.20. The van der Waals surface area contributed by atoms with E-state index in [2.05, 4.69) is 10.6 Å². The molecule has 2 N–H and O–H groups in total. The number of nitro benzene ring substituents is 1. The Kier molecular flexibility index (Phi) is 9.41. The van der Waals surface area contributed by atoms with Crippen LogP contribution in [-0.4, -0.2) is 22.5 Å².